The van der Waals surface area contributed by atoms with Gasteiger partial charge in [-0.25, -0.2) is 0 Å². The number of carboxylic acids is 1. The zero-order chi connectivity index (χ0) is 18.1. The summed E-state index contributed by atoms with van der Waals surface area (Å²) >= 11 is 0. The molecule has 1 aliphatic rings. The molecule has 0 spiro atoms. The lowest BCUT2D eigenvalue weighted by molar-refractivity contribution is -0.145. The van der Waals surface area contributed by atoms with E-state index in [1.54, 1.807) is 12.0 Å². The number of benzene rings is 1. The van der Waals surface area contributed by atoms with Crippen molar-refractivity contribution < 1.29 is 19.4 Å². The van der Waals surface area contributed by atoms with Crippen LogP contribution in [0.1, 0.15) is 29.4 Å². The summed E-state index contributed by atoms with van der Waals surface area (Å²) in [6.45, 7) is 4.62. The number of hydrogen-bond acceptors (Lipinski definition) is 4. The second-order valence-electron chi connectivity index (χ2n) is 6.64. The van der Waals surface area contributed by atoms with Gasteiger partial charge in [-0.3, -0.25) is 14.6 Å². The van der Waals surface area contributed by atoms with Gasteiger partial charge in [0.1, 0.15) is 5.75 Å². The Kier molecular flexibility index (Phi) is 4.61. The van der Waals surface area contributed by atoms with E-state index >= 15 is 0 Å². The number of amides is 1. The highest BCUT2D eigenvalue weighted by molar-refractivity contribution is 5.99. The van der Waals surface area contributed by atoms with Crippen LogP contribution in [0.5, 0.6) is 5.75 Å². The fourth-order valence-electron chi connectivity index (χ4n) is 3.45. The maximum Gasteiger partial charge on any atom is 0.306 e. The van der Waals surface area contributed by atoms with Crippen LogP contribution in [0.3, 0.4) is 0 Å². The number of aryl methyl sites for hydroxylation is 1. The number of fused-ring (bicyclic) bond motifs is 1. The number of rotatable bonds is 3. The van der Waals surface area contributed by atoms with Crippen molar-refractivity contribution in [1.82, 2.24) is 9.88 Å². The minimum atomic E-state index is -0.780. The summed E-state index contributed by atoms with van der Waals surface area (Å²) in [5.74, 6) is -0.584. The number of hydrogen-bond donors (Lipinski definition) is 1. The zero-order valence-corrected chi connectivity index (χ0v) is 14.7. The van der Waals surface area contributed by atoms with Crippen molar-refractivity contribution in [1.29, 1.82) is 0 Å². The van der Waals surface area contributed by atoms with Crippen molar-refractivity contribution in [3.63, 3.8) is 0 Å². The molecule has 2 heterocycles. The second-order valence-corrected chi connectivity index (χ2v) is 6.64. The monoisotopic (exact) mass is 342 g/mol. The highest BCUT2D eigenvalue weighted by Crippen LogP contribution is 2.27. The average molecular weight is 342 g/mol. The minimum Gasteiger partial charge on any atom is -0.497 e. The Morgan fingerprint density at radius 1 is 1.32 bits per heavy atom. The van der Waals surface area contributed by atoms with E-state index in [1.807, 2.05) is 38.1 Å². The quantitative estimate of drug-likeness (QED) is 0.928. The van der Waals surface area contributed by atoms with Crippen molar-refractivity contribution in [3.05, 3.63) is 35.5 Å². The summed E-state index contributed by atoms with van der Waals surface area (Å²) in [5, 5.41) is 10.1. The lowest BCUT2D eigenvalue weighted by Gasteiger charge is -2.35. The maximum absolute atomic E-state index is 12.9. The van der Waals surface area contributed by atoms with Crippen LogP contribution in [-0.4, -0.2) is 47.1 Å². The number of aromatic nitrogens is 1. The molecule has 1 saturated heterocycles. The Morgan fingerprint density at radius 3 is 2.72 bits per heavy atom. The summed E-state index contributed by atoms with van der Waals surface area (Å²) < 4.78 is 5.21. The third-order valence-corrected chi connectivity index (χ3v) is 4.96. The van der Waals surface area contributed by atoms with Crippen molar-refractivity contribution in [2.75, 3.05) is 20.2 Å². The molecule has 0 aliphatic carbocycles. The number of ether oxygens (including phenoxy) is 1. The topological polar surface area (TPSA) is 79.7 Å². The zero-order valence-electron chi connectivity index (χ0n) is 14.7. The van der Waals surface area contributed by atoms with Crippen LogP contribution >= 0.6 is 0 Å². The fourth-order valence-corrected chi connectivity index (χ4v) is 3.45. The van der Waals surface area contributed by atoms with Gasteiger partial charge in [0.25, 0.3) is 5.91 Å². The van der Waals surface area contributed by atoms with Crippen LogP contribution in [0.25, 0.3) is 10.9 Å². The van der Waals surface area contributed by atoms with Gasteiger partial charge in [-0.2, -0.15) is 0 Å². The molecule has 1 aromatic heterocycles. The first kappa shape index (κ1) is 17.2. The highest BCUT2D eigenvalue weighted by Gasteiger charge is 2.33. The number of nitrogens with zero attached hydrogens (tertiary/aromatic N) is 2. The molecule has 2 aromatic rings. The third-order valence-electron chi connectivity index (χ3n) is 4.96. The maximum atomic E-state index is 12.9. The van der Waals surface area contributed by atoms with Crippen LogP contribution in [-0.2, 0) is 4.79 Å². The Bertz CT molecular complexity index is 834. The minimum absolute atomic E-state index is 0.0619. The van der Waals surface area contributed by atoms with Crippen molar-refractivity contribution in [2.24, 2.45) is 11.8 Å². The van der Waals surface area contributed by atoms with Crippen LogP contribution in [0.4, 0.5) is 0 Å². The smallest absolute Gasteiger partial charge is 0.306 e. The van der Waals surface area contributed by atoms with Gasteiger partial charge in [-0.1, -0.05) is 6.92 Å². The van der Waals surface area contributed by atoms with Crippen LogP contribution in [0.2, 0.25) is 0 Å². The first-order valence-corrected chi connectivity index (χ1v) is 8.38. The van der Waals surface area contributed by atoms with Crippen molar-refractivity contribution in [3.8, 4) is 5.75 Å². The molecule has 0 saturated carbocycles. The highest BCUT2D eigenvalue weighted by atomic mass is 16.5. The van der Waals surface area contributed by atoms with Crippen LogP contribution < -0.4 is 4.74 Å². The number of carbonyl (C=O) groups is 2. The molecule has 1 aliphatic heterocycles. The molecule has 1 aromatic carbocycles. The molecule has 6 nitrogen and oxygen atoms in total. The molecule has 3 rings (SSSR count). The van der Waals surface area contributed by atoms with E-state index in [9.17, 15) is 14.7 Å². The summed E-state index contributed by atoms with van der Waals surface area (Å²) in [6, 6.07) is 7.43. The number of carbonyl (C=O) groups excluding carboxylic acids is 1. The van der Waals surface area contributed by atoms with Crippen LogP contribution in [0, 0.1) is 18.8 Å². The van der Waals surface area contributed by atoms with E-state index in [0.29, 0.717) is 30.8 Å². The molecule has 0 bridgehead atoms. The summed E-state index contributed by atoms with van der Waals surface area (Å²) in [5.41, 5.74) is 2.02. The number of piperidine rings is 1. The van der Waals surface area contributed by atoms with Crippen molar-refractivity contribution in [2.45, 2.75) is 20.3 Å². The normalized spacial score (nSPS) is 20.5. The first-order valence-electron chi connectivity index (χ1n) is 8.38. The first-order chi connectivity index (χ1) is 11.9. The molecule has 0 radical (unpaired) electrons. The molecule has 1 N–H and O–H groups in total. The molecular weight excluding hydrogens is 320 g/mol. The molecule has 6 heteroatoms. The molecule has 2 unspecified atom stereocenters. The molecule has 132 valence electrons. The molecule has 1 amide bonds. The molecule has 25 heavy (non-hydrogen) atoms. The predicted molar refractivity (Wildman–Crippen MR) is 93.8 cm³/mol. The molecule has 2 atom stereocenters. The lowest BCUT2D eigenvalue weighted by atomic mass is 9.86. The van der Waals surface area contributed by atoms with Gasteiger partial charge in [0.05, 0.1) is 29.8 Å². The molecule has 1 fully saturated rings. The number of likely N-dealkylation sites (tertiary alicyclic amines) is 1. The Labute approximate surface area is 146 Å². The summed E-state index contributed by atoms with van der Waals surface area (Å²) in [4.78, 5) is 30.4. The van der Waals surface area contributed by atoms with E-state index in [4.69, 9.17) is 4.74 Å². The second kappa shape index (κ2) is 6.70. The number of methoxy groups -OCH3 is 1. The van der Waals surface area contributed by atoms with E-state index in [1.165, 1.54) is 0 Å². The Hall–Kier alpha value is -2.63. The van der Waals surface area contributed by atoms with E-state index < -0.39 is 5.97 Å². The number of aliphatic carboxylic acids is 1. The summed E-state index contributed by atoms with van der Waals surface area (Å²) in [7, 11) is 1.60. The van der Waals surface area contributed by atoms with Gasteiger partial charge in [0.2, 0.25) is 0 Å². The summed E-state index contributed by atoms with van der Waals surface area (Å²) in [6.07, 6.45) is 0.486. The Morgan fingerprint density at radius 2 is 2.08 bits per heavy atom. The molecular formula is C19H22N2O4. The standard InChI is InChI=1S/C19H22N2O4/c1-11-10-21(7-6-15(11)19(23)24)18(22)16-8-13-4-5-14(25-3)9-17(13)20-12(16)2/h4-5,8-9,11,15H,6-7,10H2,1-3H3,(H,23,24). The number of carboxylic acid groups (broad SMARTS) is 1. The van der Waals surface area contributed by atoms with E-state index in [2.05, 4.69) is 4.98 Å². The average Bonchev–Trinajstić information content (AvgIpc) is 2.59. The van der Waals surface area contributed by atoms with Gasteiger partial charge in [0, 0.05) is 24.5 Å². The van der Waals surface area contributed by atoms with Gasteiger partial charge in [-0.05, 0) is 37.5 Å². The SMILES string of the molecule is COc1ccc2cc(C(=O)N3CCC(C(=O)O)C(C)C3)c(C)nc2c1. The van der Waals surface area contributed by atoms with Gasteiger partial charge >= 0.3 is 5.97 Å². The van der Waals surface area contributed by atoms with E-state index in [-0.39, 0.29) is 17.7 Å². The van der Waals surface area contributed by atoms with Gasteiger partial charge in [0.15, 0.2) is 0 Å². The van der Waals surface area contributed by atoms with Gasteiger partial charge < -0.3 is 14.7 Å². The van der Waals surface area contributed by atoms with Crippen LogP contribution in [0.15, 0.2) is 24.3 Å². The van der Waals surface area contributed by atoms with E-state index in [0.717, 1.165) is 16.7 Å². The predicted octanol–water partition coefficient (Wildman–Crippen LogP) is 2.73. The number of pyridine rings is 1. The fraction of sp³-hybridized carbons (Fsp3) is 0.421. The Balaban J connectivity index is 1.87. The van der Waals surface area contributed by atoms with Crippen molar-refractivity contribution >= 4 is 22.8 Å². The lowest BCUT2D eigenvalue weighted by Crippen LogP contribution is -2.45. The largest absolute Gasteiger partial charge is 0.497 e. The third kappa shape index (κ3) is 3.29. The van der Waals surface area contributed by atoms with Gasteiger partial charge in [-0.15, -0.1) is 0 Å².